The lowest BCUT2D eigenvalue weighted by Gasteiger charge is -2.25. The van der Waals surface area contributed by atoms with E-state index in [9.17, 15) is 9.59 Å². The SMILES string of the molecule is CCOC(=O)N1CCc2c(sc3nc(-c4cc(I)c(OC)c(OC)c4)[nH]c(=O)c23)C1. The second kappa shape index (κ2) is 8.42. The van der Waals surface area contributed by atoms with Crippen molar-refractivity contribution in [1.29, 1.82) is 0 Å². The Bertz CT molecular complexity index is 1190. The van der Waals surface area contributed by atoms with E-state index in [2.05, 4.69) is 27.6 Å². The van der Waals surface area contributed by atoms with E-state index in [-0.39, 0.29) is 11.7 Å². The van der Waals surface area contributed by atoms with Crippen LogP contribution in [0.4, 0.5) is 4.79 Å². The molecule has 1 aliphatic rings. The summed E-state index contributed by atoms with van der Waals surface area (Å²) in [4.78, 5) is 35.9. The molecular weight excluding hydrogens is 521 g/mol. The van der Waals surface area contributed by atoms with Crippen LogP contribution in [0.3, 0.4) is 0 Å². The van der Waals surface area contributed by atoms with Gasteiger partial charge in [0.1, 0.15) is 10.7 Å². The molecule has 0 spiro atoms. The summed E-state index contributed by atoms with van der Waals surface area (Å²) in [5.41, 5.74) is 1.52. The number of ether oxygens (including phenoxy) is 3. The van der Waals surface area contributed by atoms with Gasteiger partial charge in [0.15, 0.2) is 11.5 Å². The van der Waals surface area contributed by atoms with Gasteiger partial charge < -0.3 is 24.1 Å². The smallest absolute Gasteiger partial charge is 0.410 e. The first kappa shape index (κ1) is 20.9. The Kier molecular flexibility index (Phi) is 5.87. The number of carbonyl (C=O) groups is 1. The molecule has 0 saturated heterocycles. The fourth-order valence-electron chi connectivity index (χ4n) is 3.56. The number of fused-ring (bicyclic) bond motifs is 3. The number of halogens is 1. The molecule has 1 aliphatic heterocycles. The van der Waals surface area contributed by atoms with Crippen molar-refractivity contribution in [2.75, 3.05) is 27.4 Å². The zero-order valence-corrected chi connectivity index (χ0v) is 19.7. The van der Waals surface area contributed by atoms with Crippen molar-refractivity contribution in [3.8, 4) is 22.9 Å². The summed E-state index contributed by atoms with van der Waals surface area (Å²) in [5.74, 6) is 1.67. The predicted octanol–water partition coefficient (Wildman–Crippen LogP) is 3.79. The molecule has 1 aromatic carbocycles. The van der Waals surface area contributed by atoms with Gasteiger partial charge >= 0.3 is 6.09 Å². The second-order valence-electron chi connectivity index (χ2n) is 6.66. The van der Waals surface area contributed by atoms with Crippen molar-refractivity contribution in [3.63, 3.8) is 0 Å². The molecule has 1 N–H and O–H groups in total. The lowest BCUT2D eigenvalue weighted by Crippen LogP contribution is -2.35. The van der Waals surface area contributed by atoms with E-state index >= 15 is 0 Å². The van der Waals surface area contributed by atoms with Crippen molar-refractivity contribution in [1.82, 2.24) is 14.9 Å². The van der Waals surface area contributed by atoms with Crippen molar-refractivity contribution >= 4 is 50.2 Å². The van der Waals surface area contributed by atoms with Gasteiger partial charge in [-0.3, -0.25) is 4.79 Å². The number of benzene rings is 1. The van der Waals surface area contributed by atoms with Crippen molar-refractivity contribution < 1.29 is 19.0 Å². The van der Waals surface area contributed by atoms with Crippen LogP contribution in [0.25, 0.3) is 21.6 Å². The van der Waals surface area contributed by atoms with E-state index in [1.54, 1.807) is 32.1 Å². The maximum Gasteiger partial charge on any atom is 0.410 e. The molecule has 0 unspecified atom stereocenters. The van der Waals surface area contributed by atoms with Crippen LogP contribution in [0.15, 0.2) is 16.9 Å². The summed E-state index contributed by atoms with van der Waals surface area (Å²) in [7, 11) is 3.15. The Morgan fingerprint density at radius 1 is 1.33 bits per heavy atom. The van der Waals surface area contributed by atoms with Gasteiger partial charge in [0.05, 0.1) is 36.3 Å². The van der Waals surface area contributed by atoms with Gasteiger partial charge in [-0.05, 0) is 53.6 Å². The number of hydrogen-bond acceptors (Lipinski definition) is 7. The zero-order chi connectivity index (χ0) is 21.4. The minimum Gasteiger partial charge on any atom is -0.493 e. The number of rotatable bonds is 4. The molecule has 158 valence electrons. The monoisotopic (exact) mass is 541 g/mol. The van der Waals surface area contributed by atoms with Gasteiger partial charge in [-0.2, -0.15) is 0 Å². The molecule has 0 bridgehead atoms. The van der Waals surface area contributed by atoms with Gasteiger partial charge in [0, 0.05) is 17.0 Å². The van der Waals surface area contributed by atoms with Crippen LogP contribution in [-0.2, 0) is 17.7 Å². The topological polar surface area (TPSA) is 93.8 Å². The largest absolute Gasteiger partial charge is 0.493 e. The lowest BCUT2D eigenvalue weighted by atomic mass is 10.1. The van der Waals surface area contributed by atoms with Crippen LogP contribution in [0.1, 0.15) is 17.4 Å². The third kappa shape index (κ3) is 3.62. The molecular formula is C20H20IN3O5S. The Balaban J connectivity index is 1.77. The number of nitrogens with zero attached hydrogens (tertiary/aromatic N) is 2. The number of aromatic nitrogens is 2. The highest BCUT2D eigenvalue weighted by atomic mass is 127. The van der Waals surface area contributed by atoms with E-state index in [0.29, 0.717) is 53.7 Å². The van der Waals surface area contributed by atoms with Gasteiger partial charge in [-0.1, -0.05) is 0 Å². The molecule has 0 aliphatic carbocycles. The molecule has 1 amide bonds. The van der Waals surface area contributed by atoms with Gasteiger partial charge in [0.25, 0.3) is 5.56 Å². The first-order valence-corrected chi connectivity index (χ1v) is 11.2. The number of hydrogen-bond donors (Lipinski definition) is 1. The third-order valence-electron chi connectivity index (χ3n) is 4.94. The van der Waals surface area contributed by atoms with Crippen molar-refractivity contribution in [3.05, 3.63) is 36.5 Å². The zero-order valence-electron chi connectivity index (χ0n) is 16.7. The Labute approximate surface area is 190 Å². The maximum absolute atomic E-state index is 12.9. The summed E-state index contributed by atoms with van der Waals surface area (Å²) in [6.45, 7) is 3.07. The van der Waals surface area contributed by atoms with Gasteiger partial charge in [-0.15, -0.1) is 11.3 Å². The molecule has 0 radical (unpaired) electrons. The minimum atomic E-state index is -0.330. The van der Waals surface area contributed by atoms with Gasteiger partial charge in [-0.25, -0.2) is 9.78 Å². The normalized spacial score (nSPS) is 13.3. The molecule has 0 saturated carbocycles. The number of aromatic amines is 1. The second-order valence-corrected chi connectivity index (χ2v) is 8.91. The summed E-state index contributed by atoms with van der Waals surface area (Å²) in [5, 5.41) is 0.609. The van der Waals surface area contributed by atoms with Crippen LogP contribution >= 0.6 is 33.9 Å². The fourth-order valence-corrected chi connectivity index (χ4v) is 5.62. The third-order valence-corrected chi connectivity index (χ3v) is 6.86. The summed E-state index contributed by atoms with van der Waals surface area (Å²) in [6, 6.07) is 3.68. The molecule has 10 heteroatoms. The summed E-state index contributed by atoms with van der Waals surface area (Å²) in [6.07, 6.45) is 0.273. The average Bonchev–Trinajstić information content (AvgIpc) is 3.11. The van der Waals surface area contributed by atoms with E-state index in [4.69, 9.17) is 19.2 Å². The van der Waals surface area contributed by atoms with Crippen LogP contribution < -0.4 is 15.0 Å². The van der Waals surface area contributed by atoms with Crippen molar-refractivity contribution in [2.45, 2.75) is 19.9 Å². The van der Waals surface area contributed by atoms with Crippen LogP contribution in [-0.4, -0.2) is 48.3 Å². The highest BCUT2D eigenvalue weighted by molar-refractivity contribution is 14.1. The van der Waals surface area contributed by atoms with E-state index < -0.39 is 0 Å². The molecule has 0 fully saturated rings. The Hall–Kier alpha value is -2.34. The lowest BCUT2D eigenvalue weighted by molar-refractivity contribution is 0.103. The number of H-pyrrole nitrogens is 1. The first-order valence-electron chi connectivity index (χ1n) is 9.35. The quantitative estimate of drug-likeness (QED) is 0.506. The Morgan fingerprint density at radius 2 is 2.13 bits per heavy atom. The highest BCUT2D eigenvalue weighted by Crippen LogP contribution is 2.37. The van der Waals surface area contributed by atoms with E-state index in [1.807, 2.05) is 6.07 Å². The average molecular weight is 541 g/mol. The minimum absolute atomic E-state index is 0.179. The standard InChI is InChI=1S/C20H20IN3O5S/c1-4-29-20(26)24-6-5-11-14(9-24)30-19-15(11)18(25)22-17(23-19)10-7-12(21)16(28-3)13(8-10)27-2/h7-8H,4-6,9H2,1-3H3,(H,22,23,25). The summed E-state index contributed by atoms with van der Waals surface area (Å²) >= 11 is 3.61. The maximum atomic E-state index is 12.9. The highest BCUT2D eigenvalue weighted by Gasteiger charge is 2.27. The van der Waals surface area contributed by atoms with E-state index in [1.165, 1.54) is 11.3 Å². The van der Waals surface area contributed by atoms with Crippen LogP contribution in [0, 0.1) is 3.57 Å². The number of nitrogens with one attached hydrogen (secondary N) is 1. The molecule has 4 rings (SSSR count). The van der Waals surface area contributed by atoms with Crippen LogP contribution in [0.5, 0.6) is 11.5 Å². The number of carbonyl (C=O) groups excluding carboxylic acids is 1. The number of thiophene rings is 1. The Morgan fingerprint density at radius 3 is 2.83 bits per heavy atom. The van der Waals surface area contributed by atoms with E-state index in [0.717, 1.165) is 19.6 Å². The molecule has 2 aromatic heterocycles. The molecule has 8 nitrogen and oxygen atoms in total. The predicted molar refractivity (Wildman–Crippen MR) is 123 cm³/mol. The number of amides is 1. The molecule has 0 atom stereocenters. The molecule has 30 heavy (non-hydrogen) atoms. The molecule has 3 heterocycles. The number of methoxy groups -OCH3 is 2. The van der Waals surface area contributed by atoms with Crippen LogP contribution in [0.2, 0.25) is 0 Å². The fraction of sp³-hybridized carbons (Fsp3) is 0.350. The van der Waals surface area contributed by atoms with Crippen molar-refractivity contribution in [2.24, 2.45) is 0 Å². The first-order chi connectivity index (χ1) is 14.5. The molecule has 3 aromatic rings. The van der Waals surface area contributed by atoms with Gasteiger partial charge in [0.2, 0.25) is 0 Å². The summed E-state index contributed by atoms with van der Waals surface area (Å²) < 4.78 is 16.8.